The van der Waals surface area contributed by atoms with Crippen LogP contribution in [-0.2, 0) is 16.3 Å². The summed E-state index contributed by atoms with van der Waals surface area (Å²) >= 11 is 12.3. The molecule has 0 atom stereocenters. The topological polar surface area (TPSA) is 82.6 Å². The highest BCUT2D eigenvalue weighted by Gasteiger charge is 2.47. The summed E-state index contributed by atoms with van der Waals surface area (Å²) in [6, 6.07) is 3.46. The van der Waals surface area contributed by atoms with Crippen LogP contribution in [0.25, 0.3) is 0 Å². The lowest BCUT2D eigenvalue weighted by molar-refractivity contribution is -0.0859. The van der Waals surface area contributed by atoms with E-state index >= 15 is 0 Å². The molecule has 0 unspecified atom stereocenters. The zero-order valence-electron chi connectivity index (χ0n) is 17.0. The highest BCUT2D eigenvalue weighted by atomic mass is 35.5. The number of carbonyl (C=O) groups excluding carboxylic acids is 1. The van der Waals surface area contributed by atoms with E-state index in [2.05, 4.69) is 4.98 Å². The van der Waals surface area contributed by atoms with Crippen molar-refractivity contribution in [3.63, 3.8) is 0 Å². The zero-order valence-corrected chi connectivity index (χ0v) is 19.3. The van der Waals surface area contributed by atoms with Gasteiger partial charge in [0.15, 0.2) is 27.1 Å². The monoisotopic (exact) mass is 471 g/mol. The fourth-order valence-electron chi connectivity index (χ4n) is 3.42. The van der Waals surface area contributed by atoms with Gasteiger partial charge in [0.25, 0.3) is 5.79 Å². The van der Waals surface area contributed by atoms with Gasteiger partial charge in [-0.15, -0.1) is 0 Å². The highest BCUT2D eigenvalue weighted by molar-refractivity contribution is 7.91. The van der Waals surface area contributed by atoms with Crippen molar-refractivity contribution in [3.05, 3.63) is 51.3 Å². The number of hydrogen-bond donors (Lipinski definition) is 0. The Kier molecular flexibility index (Phi) is 6.65. The average molecular weight is 472 g/mol. The summed E-state index contributed by atoms with van der Waals surface area (Å²) < 4.78 is 35.7. The van der Waals surface area contributed by atoms with Crippen LogP contribution >= 0.6 is 23.2 Å². The van der Waals surface area contributed by atoms with E-state index in [9.17, 15) is 13.2 Å². The number of fused-ring (bicyclic) bond motifs is 1. The normalized spacial score (nSPS) is 17.9. The quantitative estimate of drug-likeness (QED) is 0.596. The molecule has 6 nitrogen and oxygen atoms in total. The third-order valence-corrected chi connectivity index (χ3v) is 7.37. The number of halogens is 2. The van der Waals surface area contributed by atoms with Crippen molar-refractivity contribution < 1.29 is 22.7 Å². The maximum Gasteiger partial charge on any atom is 0.253 e. The molecular formula is C21H23Cl2NO5S. The number of nitrogens with zero attached hydrogens (tertiary/aromatic N) is 1. The number of ether oxygens (including phenoxy) is 2. The molecule has 30 heavy (non-hydrogen) atoms. The number of Topliss-reactive ketones (excluding diaryl/α,β-unsaturated/α-hetero) is 1. The first-order valence-electron chi connectivity index (χ1n) is 9.73. The van der Waals surface area contributed by atoms with E-state index in [0.29, 0.717) is 32.7 Å². The van der Waals surface area contributed by atoms with E-state index < -0.39 is 15.6 Å². The Hall–Kier alpha value is -1.83. The van der Waals surface area contributed by atoms with Crippen LogP contribution in [0.1, 0.15) is 48.2 Å². The van der Waals surface area contributed by atoms with Crippen LogP contribution in [0.2, 0.25) is 10.0 Å². The Balaban J connectivity index is 0.00000124. The Bertz CT molecular complexity index is 1050. The minimum atomic E-state index is -3.08. The average Bonchev–Trinajstić information content (AvgIpc) is 3.10. The number of sulfone groups is 1. The first-order chi connectivity index (χ1) is 14.2. The van der Waals surface area contributed by atoms with Gasteiger partial charge in [0.1, 0.15) is 0 Å². The van der Waals surface area contributed by atoms with Gasteiger partial charge < -0.3 is 9.47 Å². The second-order valence-electron chi connectivity index (χ2n) is 7.04. The standard InChI is InChI=1S/C19H17Cl2NO5S.C2H6/c1-11-2-3-12(16(23)8-13-14(20)9-22-10-15(13)21)18-17(11)26-19(27-18)4-6-28(24,25)7-5-19;1-2/h2-3,9-10H,4-8H2,1H3;1-2H3. The second kappa shape index (κ2) is 8.73. The summed E-state index contributed by atoms with van der Waals surface area (Å²) in [7, 11) is -3.08. The maximum atomic E-state index is 13.0. The fourth-order valence-corrected chi connectivity index (χ4v) is 5.36. The summed E-state index contributed by atoms with van der Waals surface area (Å²) in [5.74, 6) is -0.448. The Morgan fingerprint density at radius 1 is 1.07 bits per heavy atom. The largest absolute Gasteiger partial charge is 0.448 e. The van der Waals surface area contributed by atoms with E-state index in [0.717, 1.165) is 5.56 Å². The minimum Gasteiger partial charge on any atom is -0.448 e. The summed E-state index contributed by atoms with van der Waals surface area (Å²) in [6.45, 7) is 5.85. The van der Waals surface area contributed by atoms with Crippen molar-refractivity contribution in [2.24, 2.45) is 0 Å². The predicted octanol–water partition coefficient (Wildman–Crippen LogP) is 4.82. The molecule has 9 heteroatoms. The van der Waals surface area contributed by atoms with Crippen LogP contribution in [0.5, 0.6) is 11.5 Å². The molecule has 1 fully saturated rings. The number of aryl methyl sites for hydroxylation is 1. The Morgan fingerprint density at radius 2 is 1.63 bits per heavy atom. The van der Waals surface area contributed by atoms with Gasteiger partial charge in [0, 0.05) is 37.2 Å². The number of hydrogen-bond acceptors (Lipinski definition) is 6. The molecule has 0 bridgehead atoms. The van der Waals surface area contributed by atoms with Crippen molar-refractivity contribution in [1.82, 2.24) is 4.98 Å². The van der Waals surface area contributed by atoms with Gasteiger partial charge in [0.05, 0.1) is 27.1 Å². The highest BCUT2D eigenvalue weighted by Crippen LogP contribution is 2.48. The zero-order chi connectivity index (χ0) is 22.1. The molecule has 0 aliphatic carbocycles. The minimum absolute atomic E-state index is 0.00839. The lowest BCUT2D eigenvalue weighted by Crippen LogP contribution is -2.46. The van der Waals surface area contributed by atoms with Crippen molar-refractivity contribution in [3.8, 4) is 11.5 Å². The molecular weight excluding hydrogens is 449 g/mol. The fraction of sp³-hybridized carbons (Fsp3) is 0.429. The molecule has 0 saturated carbocycles. The number of benzene rings is 1. The summed E-state index contributed by atoms with van der Waals surface area (Å²) in [6.07, 6.45) is 3.30. The molecule has 1 aromatic carbocycles. The molecule has 3 heterocycles. The number of aromatic nitrogens is 1. The molecule has 4 rings (SSSR count). The van der Waals surface area contributed by atoms with Crippen molar-refractivity contribution in [2.75, 3.05) is 11.5 Å². The first kappa shape index (κ1) is 22.8. The van der Waals surface area contributed by atoms with Gasteiger partial charge >= 0.3 is 0 Å². The molecule has 2 aliphatic rings. The third kappa shape index (κ3) is 4.43. The van der Waals surface area contributed by atoms with Crippen LogP contribution in [0, 0.1) is 6.92 Å². The van der Waals surface area contributed by atoms with Gasteiger partial charge in [-0.3, -0.25) is 9.78 Å². The van der Waals surface area contributed by atoms with Crippen molar-refractivity contribution >= 4 is 38.8 Å². The van der Waals surface area contributed by atoms with Crippen LogP contribution in [0.4, 0.5) is 0 Å². The van der Waals surface area contributed by atoms with Crippen LogP contribution in [0.15, 0.2) is 24.5 Å². The van der Waals surface area contributed by atoms with E-state index in [-0.39, 0.29) is 36.6 Å². The van der Waals surface area contributed by atoms with Gasteiger partial charge in [-0.05, 0) is 18.6 Å². The van der Waals surface area contributed by atoms with E-state index in [1.165, 1.54) is 12.4 Å². The lowest BCUT2D eigenvalue weighted by atomic mass is 10.0. The second-order valence-corrected chi connectivity index (χ2v) is 10.2. The summed E-state index contributed by atoms with van der Waals surface area (Å²) in [5, 5.41) is 0.631. The molecule has 0 amide bonds. The molecule has 1 spiro atoms. The lowest BCUT2D eigenvalue weighted by Gasteiger charge is -2.31. The van der Waals surface area contributed by atoms with Gasteiger partial charge in [-0.1, -0.05) is 43.1 Å². The third-order valence-electron chi connectivity index (χ3n) is 5.06. The predicted molar refractivity (Wildman–Crippen MR) is 117 cm³/mol. The van der Waals surface area contributed by atoms with E-state index in [1.54, 1.807) is 12.1 Å². The number of carbonyl (C=O) groups is 1. The van der Waals surface area contributed by atoms with Crippen LogP contribution in [-0.4, -0.2) is 36.5 Å². The van der Waals surface area contributed by atoms with E-state index in [1.807, 2.05) is 20.8 Å². The number of rotatable bonds is 3. The number of ketones is 1. The first-order valence-corrected chi connectivity index (χ1v) is 12.3. The van der Waals surface area contributed by atoms with E-state index in [4.69, 9.17) is 32.7 Å². The molecule has 162 valence electrons. The summed E-state index contributed by atoms with van der Waals surface area (Å²) in [4.78, 5) is 16.9. The Morgan fingerprint density at radius 3 is 2.23 bits per heavy atom. The van der Waals surface area contributed by atoms with Crippen LogP contribution < -0.4 is 9.47 Å². The van der Waals surface area contributed by atoms with Gasteiger partial charge in [-0.2, -0.15) is 0 Å². The summed E-state index contributed by atoms with van der Waals surface area (Å²) in [5.41, 5.74) is 1.67. The molecule has 1 aromatic heterocycles. The van der Waals surface area contributed by atoms with Crippen molar-refractivity contribution in [1.29, 1.82) is 0 Å². The molecule has 1 saturated heterocycles. The Labute approximate surface area is 186 Å². The van der Waals surface area contributed by atoms with Crippen LogP contribution in [0.3, 0.4) is 0 Å². The maximum absolute atomic E-state index is 13.0. The van der Waals surface area contributed by atoms with Gasteiger partial charge in [-0.25, -0.2) is 8.42 Å². The number of pyridine rings is 1. The molecule has 0 radical (unpaired) electrons. The smallest absolute Gasteiger partial charge is 0.253 e. The van der Waals surface area contributed by atoms with Gasteiger partial charge in [0.2, 0.25) is 0 Å². The van der Waals surface area contributed by atoms with Crippen molar-refractivity contribution in [2.45, 2.75) is 45.8 Å². The molecule has 0 N–H and O–H groups in total. The SMILES string of the molecule is CC.Cc1ccc(C(=O)Cc2c(Cl)cncc2Cl)c2c1OC1(CCS(=O)(=O)CC1)O2. The molecule has 2 aromatic rings. The molecule has 2 aliphatic heterocycles.